The van der Waals surface area contributed by atoms with E-state index in [0.29, 0.717) is 17.9 Å². The lowest BCUT2D eigenvalue weighted by molar-refractivity contribution is 0.0796. The number of hydrogen-bond donors (Lipinski definition) is 2. The lowest BCUT2D eigenvalue weighted by atomic mass is 10.2. The van der Waals surface area contributed by atoms with Crippen LogP contribution in [0.25, 0.3) is 0 Å². The highest BCUT2D eigenvalue weighted by Gasteiger charge is 2.13. The van der Waals surface area contributed by atoms with E-state index in [4.69, 9.17) is 5.84 Å². The Balaban J connectivity index is 2.04. The minimum Gasteiger partial charge on any atom is -0.341 e. The number of amides is 1. The van der Waals surface area contributed by atoms with Gasteiger partial charge in [-0.3, -0.25) is 4.79 Å². The summed E-state index contributed by atoms with van der Waals surface area (Å²) in [7, 11) is 1.81. The Morgan fingerprint density at radius 2 is 2.30 bits per heavy atom. The van der Waals surface area contributed by atoms with E-state index in [2.05, 4.69) is 16.5 Å². The largest absolute Gasteiger partial charge is 0.341 e. The second kappa shape index (κ2) is 6.49. The summed E-state index contributed by atoms with van der Waals surface area (Å²) in [5.74, 6) is 5.83. The highest BCUT2D eigenvalue weighted by atomic mass is 32.1. The van der Waals surface area contributed by atoms with Crippen LogP contribution in [0.5, 0.6) is 0 Å². The van der Waals surface area contributed by atoms with Crippen LogP contribution in [0.1, 0.15) is 20.9 Å². The molecule has 0 spiro atoms. The molecule has 2 aromatic rings. The summed E-state index contributed by atoms with van der Waals surface area (Å²) in [6, 6.07) is 7.53. The Morgan fingerprint density at radius 3 is 2.95 bits per heavy atom. The van der Waals surface area contributed by atoms with Gasteiger partial charge in [0.2, 0.25) is 0 Å². The third-order valence-corrected chi connectivity index (χ3v) is 3.90. The van der Waals surface area contributed by atoms with Crippen LogP contribution in [0.15, 0.2) is 29.6 Å². The zero-order valence-electron chi connectivity index (χ0n) is 11.6. The summed E-state index contributed by atoms with van der Waals surface area (Å²) in [5, 5.41) is 2.04. The van der Waals surface area contributed by atoms with Gasteiger partial charge in [-0.15, -0.1) is 11.3 Å². The number of anilines is 1. The SMILES string of the molecule is Cc1cc(C(=O)N(C)CCc2cccs2)cc(NN)n1. The molecule has 0 bridgehead atoms. The summed E-state index contributed by atoms with van der Waals surface area (Å²) in [4.78, 5) is 19.5. The Kier molecular flexibility index (Phi) is 4.70. The normalized spacial score (nSPS) is 10.3. The molecule has 0 saturated heterocycles. The number of carbonyl (C=O) groups is 1. The second-order valence-corrected chi connectivity index (χ2v) is 5.62. The standard InChI is InChI=1S/C14H18N4OS/c1-10-8-11(9-13(16-10)17-15)14(19)18(2)6-5-12-4-3-7-20-12/h3-4,7-9H,5-6,15H2,1-2H3,(H,16,17). The topological polar surface area (TPSA) is 71.2 Å². The van der Waals surface area contributed by atoms with Crippen molar-refractivity contribution in [2.75, 3.05) is 19.0 Å². The first-order valence-corrected chi connectivity index (χ1v) is 7.21. The van der Waals surface area contributed by atoms with E-state index in [1.54, 1.807) is 35.4 Å². The van der Waals surface area contributed by atoms with Crippen LogP contribution in [0.4, 0.5) is 5.82 Å². The monoisotopic (exact) mass is 290 g/mol. The van der Waals surface area contributed by atoms with Gasteiger partial charge in [-0.2, -0.15) is 0 Å². The zero-order valence-corrected chi connectivity index (χ0v) is 12.4. The molecule has 106 valence electrons. The molecule has 20 heavy (non-hydrogen) atoms. The molecule has 0 aliphatic carbocycles. The highest BCUT2D eigenvalue weighted by Crippen LogP contribution is 2.13. The van der Waals surface area contributed by atoms with Crippen LogP contribution in [-0.4, -0.2) is 29.4 Å². The van der Waals surface area contributed by atoms with E-state index in [1.807, 2.05) is 18.4 Å². The molecule has 0 atom stereocenters. The van der Waals surface area contributed by atoms with Gasteiger partial charge in [0.05, 0.1) is 0 Å². The number of aromatic nitrogens is 1. The van der Waals surface area contributed by atoms with E-state index in [-0.39, 0.29) is 5.91 Å². The van der Waals surface area contributed by atoms with Crippen molar-refractivity contribution in [1.82, 2.24) is 9.88 Å². The maximum absolute atomic E-state index is 12.4. The molecule has 1 amide bonds. The number of likely N-dealkylation sites (N-methyl/N-ethyl adjacent to an activating group) is 1. The van der Waals surface area contributed by atoms with Crippen molar-refractivity contribution < 1.29 is 4.79 Å². The summed E-state index contributed by atoms with van der Waals surface area (Å²) in [6.45, 7) is 2.52. The van der Waals surface area contributed by atoms with Crippen molar-refractivity contribution in [3.05, 3.63) is 45.8 Å². The predicted octanol–water partition coefficient (Wildman–Crippen LogP) is 2.05. The molecule has 2 rings (SSSR count). The molecule has 0 aliphatic heterocycles. The minimum atomic E-state index is -0.0245. The first-order valence-electron chi connectivity index (χ1n) is 6.33. The van der Waals surface area contributed by atoms with Gasteiger partial charge in [0.15, 0.2) is 0 Å². The number of hydrazine groups is 1. The second-order valence-electron chi connectivity index (χ2n) is 4.58. The van der Waals surface area contributed by atoms with Crippen molar-refractivity contribution >= 4 is 23.1 Å². The number of nitrogens with one attached hydrogen (secondary N) is 1. The lowest BCUT2D eigenvalue weighted by Gasteiger charge is -2.17. The number of pyridine rings is 1. The lowest BCUT2D eigenvalue weighted by Crippen LogP contribution is -2.29. The molecular weight excluding hydrogens is 272 g/mol. The molecule has 0 aliphatic rings. The Hall–Kier alpha value is -1.92. The molecule has 6 heteroatoms. The predicted molar refractivity (Wildman–Crippen MR) is 81.8 cm³/mol. The van der Waals surface area contributed by atoms with Gasteiger partial charge in [0, 0.05) is 29.7 Å². The maximum Gasteiger partial charge on any atom is 0.253 e. The molecule has 0 radical (unpaired) electrons. The smallest absolute Gasteiger partial charge is 0.253 e. The van der Waals surface area contributed by atoms with Gasteiger partial charge in [-0.05, 0) is 36.9 Å². The summed E-state index contributed by atoms with van der Waals surface area (Å²) in [5.41, 5.74) is 3.83. The number of carbonyl (C=O) groups excluding carboxylic acids is 1. The van der Waals surface area contributed by atoms with Gasteiger partial charge in [-0.1, -0.05) is 6.07 Å². The van der Waals surface area contributed by atoms with Crippen molar-refractivity contribution in [2.45, 2.75) is 13.3 Å². The molecule has 0 aromatic carbocycles. The van der Waals surface area contributed by atoms with Crippen molar-refractivity contribution in [2.24, 2.45) is 5.84 Å². The fourth-order valence-corrected chi connectivity index (χ4v) is 2.62. The van der Waals surface area contributed by atoms with Gasteiger partial charge in [-0.25, -0.2) is 10.8 Å². The van der Waals surface area contributed by atoms with Crippen LogP contribution < -0.4 is 11.3 Å². The Bertz CT molecular complexity index is 583. The number of aryl methyl sites for hydroxylation is 1. The van der Waals surface area contributed by atoms with Crippen LogP contribution in [0.2, 0.25) is 0 Å². The Morgan fingerprint density at radius 1 is 1.50 bits per heavy atom. The average Bonchev–Trinajstić information content (AvgIpc) is 2.96. The van der Waals surface area contributed by atoms with Gasteiger partial charge >= 0.3 is 0 Å². The summed E-state index contributed by atoms with van der Waals surface area (Å²) < 4.78 is 0. The number of nitrogen functional groups attached to an aromatic ring is 1. The van der Waals surface area contributed by atoms with Crippen molar-refractivity contribution in [3.8, 4) is 0 Å². The van der Waals surface area contributed by atoms with E-state index in [0.717, 1.165) is 12.1 Å². The molecule has 0 unspecified atom stereocenters. The Labute approximate surface area is 122 Å². The molecule has 5 nitrogen and oxygen atoms in total. The molecular formula is C14H18N4OS. The van der Waals surface area contributed by atoms with Crippen LogP contribution in [0, 0.1) is 6.92 Å². The fourth-order valence-electron chi connectivity index (χ4n) is 1.92. The first kappa shape index (κ1) is 14.5. The van der Waals surface area contributed by atoms with Crippen LogP contribution >= 0.6 is 11.3 Å². The molecule has 2 aromatic heterocycles. The van der Waals surface area contributed by atoms with E-state index in [1.165, 1.54) is 4.88 Å². The van der Waals surface area contributed by atoms with E-state index < -0.39 is 0 Å². The van der Waals surface area contributed by atoms with Gasteiger partial charge in [0.25, 0.3) is 5.91 Å². The molecule has 3 N–H and O–H groups in total. The van der Waals surface area contributed by atoms with Crippen LogP contribution in [-0.2, 0) is 6.42 Å². The first-order chi connectivity index (χ1) is 9.60. The molecule has 0 saturated carbocycles. The average molecular weight is 290 g/mol. The quantitative estimate of drug-likeness (QED) is 0.653. The number of thiophene rings is 1. The third kappa shape index (κ3) is 3.55. The third-order valence-electron chi connectivity index (χ3n) is 2.97. The van der Waals surface area contributed by atoms with Gasteiger partial charge < -0.3 is 10.3 Å². The number of nitrogens with two attached hydrogens (primary N) is 1. The minimum absolute atomic E-state index is 0.0245. The maximum atomic E-state index is 12.4. The summed E-state index contributed by atoms with van der Waals surface area (Å²) >= 11 is 1.71. The van der Waals surface area contributed by atoms with Crippen LogP contribution in [0.3, 0.4) is 0 Å². The van der Waals surface area contributed by atoms with E-state index in [9.17, 15) is 4.79 Å². The van der Waals surface area contributed by atoms with Crippen molar-refractivity contribution in [1.29, 1.82) is 0 Å². The summed E-state index contributed by atoms with van der Waals surface area (Å²) in [6.07, 6.45) is 0.867. The van der Waals surface area contributed by atoms with E-state index >= 15 is 0 Å². The fraction of sp³-hybridized carbons (Fsp3) is 0.286. The molecule has 0 fully saturated rings. The van der Waals surface area contributed by atoms with Gasteiger partial charge in [0.1, 0.15) is 5.82 Å². The number of nitrogens with zero attached hydrogens (tertiary/aromatic N) is 2. The number of hydrogen-bond acceptors (Lipinski definition) is 5. The van der Waals surface area contributed by atoms with Crippen molar-refractivity contribution in [3.63, 3.8) is 0 Å². The highest BCUT2D eigenvalue weighted by molar-refractivity contribution is 7.09. The zero-order chi connectivity index (χ0) is 14.5. The molecule has 2 heterocycles. The number of rotatable bonds is 5.